The van der Waals surface area contributed by atoms with Crippen LogP contribution in [0.3, 0.4) is 0 Å². The first kappa shape index (κ1) is 10.6. The number of carbonyl (C=O) groups is 1. The van der Waals surface area contributed by atoms with Crippen LogP contribution in [0.5, 0.6) is 0 Å². The summed E-state index contributed by atoms with van der Waals surface area (Å²) in [5.41, 5.74) is 7.70. The van der Waals surface area contributed by atoms with Gasteiger partial charge in [0.15, 0.2) is 0 Å². The molecule has 0 radical (unpaired) electrons. The van der Waals surface area contributed by atoms with Gasteiger partial charge in [-0.05, 0) is 24.6 Å². The number of rotatable bonds is 3. The van der Waals surface area contributed by atoms with E-state index in [2.05, 4.69) is 5.10 Å². The van der Waals surface area contributed by atoms with Gasteiger partial charge in [-0.3, -0.25) is 0 Å². The third kappa shape index (κ3) is 1.77. The molecule has 84 valence electrons. The molecule has 0 fully saturated rings. The van der Waals surface area contributed by atoms with Crippen LogP contribution in [-0.2, 0) is 11.3 Å². The minimum Gasteiger partial charge on any atom is -0.462 e. The van der Waals surface area contributed by atoms with Gasteiger partial charge in [0.1, 0.15) is 5.56 Å². The molecule has 0 bridgehead atoms. The number of hydrogen-bond donors (Lipinski definition) is 1. The summed E-state index contributed by atoms with van der Waals surface area (Å²) in [5.74, 6) is -0.355. The molecule has 2 rings (SSSR count). The third-order valence-electron chi connectivity index (χ3n) is 2.32. The number of fused-ring (bicyclic) bond motifs is 1. The Kier molecular flexibility index (Phi) is 2.87. The maximum absolute atomic E-state index is 11.6. The topological polar surface area (TPSA) is 69.6 Å². The van der Waals surface area contributed by atoms with Gasteiger partial charge < -0.3 is 10.5 Å². The fraction of sp³-hybridized carbons (Fsp3) is 0.273. The van der Waals surface area contributed by atoms with E-state index in [0.29, 0.717) is 18.7 Å². The van der Waals surface area contributed by atoms with E-state index in [1.165, 1.54) is 6.20 Å². The van der Waals surface area contributed by atoms with Gasteiger partial charge in [0.05, 0.1) is 18.3 Å². The van der Waals surface area contributed by atoms with E-state index in [0.717, 1.165) is 11.1 Å². The second kappa shape index (κ2) is 4.32. The van der Waals surface area contributed by atoms with Crippen molar-refractivity contribution in [1.82, 2.24) is 9.61 Å². The first-order valence-electron chi connectivity index (χ1n) is 5.09. The molecule has 2 aromatic rings. The van der Waals surface area contributed by atoms with E-state index in [9.17, 15) is 4.79 Å². The maximum atomic E-state index is 11.6. The largest absolute Gasteiger partial charge is 0.462 e. The first-order valence-corrected chi connectivity index (χ1v) is 5.09. The molecule has 0 saturated heterocycles. The molecule has 16 heavy (non-hydrogen) atoms. The number of nitrogens with zero attached hydrogens (tertiary/aromatic N) is 2. The highest BCUT2D eigenvalue weighted by Crippen LogP contribution is 2.13. The normalized spacial score (nSPS) is 10.6. The fourth-order valence-corrected chi connectivity index (χ4v) is 1.52. The van der Waals surface area contributed by atoms with Gasteiger partial charge in [-0.1, -0.05) is 0 Å². The summed E-state index contributed by atoms with van der Waals surface area (Å²) in [4.78, 5) is 11.6. The summed E-state index contributed by atoms with van der Waals surface area (Å²) in [6, 6.07) is 3.72. The number of carbonyl (C=O) groups excluding carboxylic acids is 1. The van der Waals surface area contributed by atoms with Gasteiger partial charge in [0.2, 0.25) is 0 Å². The van der Waals surface area contributed by atoms with E-state index in [-0.39, 0.29) is 5.97 Å². The van der Waals surface area contributed by atoms with E-state index < -0.39 is 0 Å². The lowest BCUT2D eigenvalue weighted by Crippen LogP contribution is -2.04. The Morgan fingerprint density at radius 1 is 1.62 bits per heavy atom. The van der Waals surface area contributed by atoms with E-state index in [4.69, 9.17) is 10.5 Å². The number of ether oxygens (including phenoxy) is 1. The second-order valence-electron chi connectivity index (χ2n) is 3.35. The highest BCUT2D eigenvalue weighted by molar-refractivity contribution is 5.96. The minimum atomic E-state index is -0.355. The van der Waals surface area contributed by atoms with Crippen molar-refractivity contribution in [3.63, 3.8) is 0 Å². The van der Waals surface area contributed by atoms with Crippen molar-refractivity contribution in [2.75, 3.05) is 6.61 Å². The molecular weight excluding hydrogens is 206 g/mol. The zero-order chi connectivity index (χ0) is 11.5. The molecule has 2 N–H and O–H groups in total. The number of esters is 1. The van der Waals surface area contributed by atoms with Crippen LogP contribution in [0.2, 0.25) is 0 Å². The molecular formula is C11H13N3O2. The highest BCUT2D eigenvalue weighted by atomic mass is 16.5. The predicted octanol–water partition coefficient (Wildman–Crippen LogP) is 0.970. The van der Waals surface area contributed by atoms with Crippen molar-refractivity contribution >= 4 is 11.5 Å². The van der Waals surface area contributed by atoms with Crippen LogP contribution in [0.4, 0.5) is 0 Å². The average Bonchev–Trinajstić information content (AvgIpc) is 2.71. The SMILES string of the molecule is CCOC(=O)c1cnn2ccc(CN)cc12. The number of aromatic nitrogens is 2. The molecule has 0 aromatic carbocycles. The Bertz CT molecular complexity index is 519. The lowest BCUT2D eigenvalue weighted by Gasteiger charge is -2.01. The predicted molar refractivity (Wildman–Crippen MR) is 59.0 cm³/mol. The third-order valence-corrected chi connectivity index (χ3v) is 2.32. The van der Waals surface area contributed by atoms with Gasteiger partial charge in [-0.2, -0.15) is 5.10 Å². The second-order valence-corrected chi connectivity index (χ2v) is 3.35. The van der Waals surface area contributed by atoms with Crippen LogP contribution < -0.4 is 5.73 Å². The molecule has 2 aromatic heterocycles. The van der Waals surface area contributed by atoms with Crippen molar-refractivity contribution in [3.05, 3.63) is 35.7 Å². The van der Waals surface area contributed by atoms with Crippen LogP contribution >= 0.6 is 0 Å². The molecule has 2 heterocycles. The number of nitrogens with two attached hydrogens (primary N) is 1. The monoisotopic (exact) mass is 219 g/mol. The summed E-state index contributed by atoms with van der Waals surface area (Å²) in [6.07, 6.45) is 3.29. The van der Waals surface area contributed by atoms with E-state index >= 15 is 0 Å². The molecule has 0 aliphatic heterocycles. The van der Waals surface area contributed by atoms with E-state index in [1.807, 2.05) is 12.1 Å². The van der Waals surface area contributed by atoms with Gasteiger partial charge >= 0.3 is 5.97 Å². The Balaban J connectivity index is 2.49. The zero-order valence-corrected chi connectivity index (χ0v) is 9.01. The molecule has 0 unspecified atom stereocenters. The molecule has 0 spiro atoms. The maximum Gasteiger partial charge on any atom is 0.341 e. The zero-order valence-electron chi connectivity index (χ0n) is 9.01. The van der Waals surface area contributed by atoms with Crippen molar-refractivity contribution < 1.29 is 9.53 Å². The Labute approximate surface area is 92.8 Å². The Morgan fingerprint density at radius 2 is 2.44 bits per heavy atom. The lowest BCUT2D eigenvalue weighted by atomic mass is 10.2. The molecule has 0 amide bonds. The van der Waals surface area contributed by atoms with E-state index in [1.54, 1.807) is 17.6 Å². The summed E-state index contributed by atoms with van der Waals surface area (Å²) >= 11 is 0. The molecule has 5 heteroatoms. The summed E-state index contributed by atoms with van der Waals surface area (Å²) in [6.45, 7) is 2.56. The Morgan fingerprint density at radius 3 is 3.12 bits per heavy atom. The lowest BCUT2D eigenvalue weighted by molar-refractivity contribution is 0.0528. The number of pyridine rings is 1. The van der Waals surface area contributed by atoms with Crippen molar-refractivity contribution in [1.29, 1.82) is 0 Å². The molecule has 5 nitrogen and oxygen atoms in total. The van der Waals surface area contributed by atoms with Crippen LogP contribution in [0.25, 0.3) is 5.52 Å². The van der Waals surface area contributed by atoms with Crippen molar-refractivity contribution in [2.24, 2.45) is 5.73 Å². The van der Waals surface area contributed by atoms with Gasteiger partial charge in [0, 0.05) is 12.7 Å². The van der Waals surface area contributed by atoms with Crippen molar-refractivity contribution in [2.45, 2.75) is 13.5 Å². The summed E-state index contributed by atoms with van der Waals surface area (Å²) in [7, 11) is 0. The smallest absolute Gasteiger partial charge is 0.341 e. The van der Waals surface area contributed by atoms with Crippen LogP contribution in [-0.4, -0.2) is 22.2 Å². The minimum absolute atomic E-state index is 0.354. The van der Waals surface area contributed by atoms with Gasteiger partial charge in [0.25, 0.3) is 0 Å². The van der Waals surface area contributed by atoms with Crippen LogP contribution in [0, 0.1) is 0 Å². The fourth-order valence-electron chi connectivity index (χ4n) is 1.52. The molecule has 0 aliphatic carbocycles. The van der Waals surface area contributed by atoms with Crippen molar-refractivity contribution in [3.8, 4) is 0 Å². The Hall–Kier alpha value is -1.88. The standard InChI is InChI=1S/C11H13N3O2/c1-2-16-11(15)9-7-13-14-4-3-8(6-12)5-10(9)14/h3-5,7H,2,6,12H2,1H3. The first-order chi connectivity index (χ1) is 7.76. The quantitative estimate of drug-likeness (QED) is 0.781. The molecule has 0 atom stereocenters. The molecule has 0 saturated carbocycles. The van der Waals surface area contributed by atoms with Gasteiger partial charge in [-0.15, -0.1) is 0 Å². The number of hydrogen-bond acceptors (Lipinski definition) is 4. The summed E-state index contributed by atoms with van der Waals surface area (Å²) in [5, 5.41) is 4.07. The van der Waals surface area contributed by atoms with Gasteiger partial charge in [-0.25, -0.2) is 9.31 Å². The van der Waals surface area contributed by atoms with Crippen LogP contribution in [0.15, 0.2) is 24.5 Å². The molecule has 0 aliphatic rings. The average molecular weight is 219 g/mol. The summed E-state index contributed by atoms with van der Waals surface area (Å²) < 4.78 is 6.57. The van der Waals surface area contributed by atoms with Crippen LogP contribution in [0.1, 0.15) is 22.8 Å². The highest BCUT2D eigenvalue weighted by Gasteiger charge is 2.13.